The Morgan fingerprint density at radius 1 is 1.44 bits per heavy atom. The minimum absolute atomic E-state index is 0. The first kappa shape index (κ1) is 12.2. The van der Waals surface area contributed by atoms with Crippen molar-refractivity contribution in [2.24, 2.45) is 0 Å². The van der Waals surface area contributed by atoms with E-state index < -0.39 is 15.4 Å². The quantitative estimate of drug-likeness (QED) is 0.698. The van der Waals surface area contributed by atoms with Crippen molar-refractivity contribution >= 4 is 19.3 Å². The molecule has 1 N–H and O–H groups in total. The molecule has 0 aromatic carbocycles. The first-order chi connectivity index (χ1) is 3.91. The summed E-state index contributed by atoms with van der Waals surface area (Å²) >= 11 is -0.639. The van der Waals surface area contributed by atoms with E-state index >= 15 is 0 Å². The summed E-state index contributed by atoms with van der Waals surface area (Å²) in [6.45, 7) is 0. The fourth-order valence-corrected chi connectivity index (χ4v) is 0.241. The van der Waals surface area contributed by atoms with Crippen LogP contribution in [0, 0.1) is 13.6 Å². The molecule has 1 aromatic heterocycles. The molecule has 0 radical (unpaired) electrons. The minimum Gasteiger partial charge on any atom is -0.484 e. The molecule has 0 atom stereocenters. The zero-order valence-corrected chi connectivity index (χ0v) is 8.89. The fourth-order valence-electron chi connectivity index (χ4n) is 0.241. The van der Waals surface area contributed by atoms with Gasteiger partial charge in [-0.25, -0.2) is 0 Å². The van der Waals surface area contributed by atoms with Crippen molar-refractivity contribution in [2.75, 3.05) is 0 Å². The standard InChI is InChI=1S/C4H4N.CH3.2ClH.Os/c1-2-4-5-3-1;;;;/h1-3,5H;1H3;2*1H;/q2*-1;;;+2/p-2. The molecule has 0 unspecified atom stereocenters. The van der Waals surface area contributed by atoms with Gasteiger partial charge in [-0.1, -0.05) is 0 Å². The van der Waals surface area contributed by atoms with Crippen molar-refractivity contribution in [3.8, 4) is 0 Å². The van der Waals surface area contributed by atoms with Crippen LogP contribution in [0.1, 0.15) is 0 Å². The van der Waals surface area contributed by atoms with Crippen LogP contribution < -0.4 is 0 Å². The molecule has 0 bridgehead atoms. The summed E-state index contributed by atoms with van der Waals surface area (Å²) in [6.07, 6.45) is 4.56. The molecular weight excluding hydrogens is 335 g/mol. The van der Waals surface area contributed by atoms with Gasteiger partial charge in [0.05, 0.1) is 0 Å². The summed E-state index contributed by atoms with van der Waals surface area (Å²) in [5, 5.41) is 0. The molecule has 1 aromatic rings. The molecular formula is C5H7Cl2NOs-2. The molecule has 4 heteroatoms. The molecule has 0 saturated heterocycles. The van der Waals surface area contributed by atoms with Crippen LogP contribution in [0.4, 0.5) is 0 Å². The Balaban J connectivity index is 0. The first-order valence-corrected chi connectivity index (χ1v) is 8.06. The van der Waals surface area contributed by atoms with E-state index in [2.05, 4.69) is 11.2 Å². The Labute approximate surface area is 71.6 Å². The number of nitrogens with one attached hydrogen (secondary N) is 1. The van der Waals surface area contributed by atoms with Gasteiger partial charge in [0, 0.05) is 0 Å². The average molecular weight is 342 g/mol. The van der Waals surface area contributed by atoms with E-state index in [9.17, 15) is 0 Å². The van der Waals surface area contributed by atoms with Gasteiger partial charge in [0.25, 0.3) is 0 Å². The van der Waals surface area contributed by atoms with Crippen LogP contribution in [0.5, 0.6) is 0 Å². The summed E-state index contributed by atoms with van der Waals surface area (Å²) < 4.78 is 0. The number of aromatic nitrogens is 1. The van der Waals surface area contributed by atoms with Gasteiger partial charge < -0.3 is 12.4 Å². The fraction of sp³-hybridized carbons (Fsp3) is 0. The second-order valence-electron chi connectivity index (χ2n) is 0.865. The molecule has 1 heterocycles. The van der Waals surface area contributed by atoms with Gasteiger partial charge in [-0.15, -0.1) is 6.20 Å². The Kier molecular flexibility index (Phi) is 15.3. The van der Waals surface area contributed by atoms with Crippen LogP contribution in [-0.4, -0.2) is 4.98 Å². The van der Waals surface area contributed by atoms with Gasteiger partial charge in [0.15, 0.2) is 0 Å². The largest absolute Gasteiger partial charge is 0.484 e. The third-order valence-corrected chi connectivity index (χ3v) is 0.442. The molecule has 1 nitrogen and oxygen atoms in total. The van der Waals surface area contributed by atoms with Crippen LogP contribution in [0.3, 0.4) is 0 Å². The van der Waals surface area contributed by atoms with E-state index in [-0.39, 0.29) is 7.43 Å². The van der Waals surface area contributed by atoms with Crippen molar-refractivity contribution in [1.82, 2.24) is 4.98 Å². The zero-order valence-electron chi connectivity index (χ0n) is 4.84. The molecule has 0 fully saturated rings. The molecule has 56 valence electrons. The normalized spacial score (nSPS) is 6.89. The molecule has 0 aliphatic heterocycles. The number of hydrogen-bond donors (Lipinski definition) is 1. The predicted octanol–water partition coefficient (Wildman–Crippen LogP) is 2.64. The molecule has 1 rings (SSSR count). The number of H-pyrrole nitrogens is 1. The van der Waals surface area contributed by atoms with E-state index in [4.69, 9.17) is 19.3 Å². The van der Waals surface area contributed by atoms with Gasteiger partial charge in [-0.05, 0) is 0 Å². The van der Waals surface area contributed by atoms with E-state index in [1.54, 1.807) is 0 Å². The Hall–Kier alpha value is 0.496. The summed E-state index contributed by atoms with van der Waals surface area (Å²) in [6, 6.07) is 3.71. The SMILES string of the molecule is [CH3-].[Cl][Os][Cl].[c-]1ccc[nH]1. The number of hydrogen-bond acceptors (Lipinski definition) is 0. The van der Waals surface area contributed by atoms with Gasteiger partial charge in [-0.2, -0.15) is 18.3 Å². The van der Waals surface area contributed by atoms with Gasteiger partial charge in [-0.3, -0.25) is 0 Å². The van der Waals surface area contributed by atoms with Crippen LogP contribution in [0.2, 0.25) is 0 Å². The second kappa shape index (κ2) is 11.3. The van der Waals surface area contributed by atoms with Crippen molar-refractivity contribution in [1.29, 1.82) is 0 Å². The zero-order chi connectivity index (χ0) is 6.24. The van der Waals surface area contributed by atoms with Crippen LogP contribution >= 0.6 is 19.3 Å². The maximum atomic E-state index is 4.90. The molecule has 9 heavy (non-hydrogen) atoms. The first-order valence-electron chi connectivity index (χ1n) is 1.76. The summed E-state index contributed by atoms with van der Waals surface area (Å²) in [7, 11) is 9.81. The molecule has 0 aliphatic rings. The van der Waals surface area contributed by atoms with Crippen molar-refractivity contribution < 1.29 is 15.4 Å². The summed E-state index contributed by atoms with van der Waals surface area (Å²) in [5.74, 6) is 0. The third-order valence-electron chi connectivity index (χ3n) is 0.442. The maximum absolute atomic E-state index is 4.90. The smallest absolute Gasteiger partial charge is 0.108 e. The van der Waals surface area contributed by atoms with E-state index in [0.29, 0.717) is 0 Å². The Morgan fingerprint density at radius 3 is 2.11 bits per heavy atom. The van der Waals surface area contributed by atoms with E-state index in [1.807, 2.05) is 18.3 Å². The van der Waals surface area contributed by atoms with Gasteiger partial charge in [0.1, 0.15) is 0 Å². The summed E-state index contributed by atoms with van der Waals surface area (Å²) in [5.41, 5.74) is 0. The summed E-state index contributed by atoms with van der Waals surface area (Å²) in [4.78, 5) is 2.74. The minimum atomic E-state index is -0.639. The van der Waals surface area contributed by atoms with Crippen LogP contribution in [0.25, 0.3) is 0 Å². The number of aromatic amines is 1. The number of halogens is 2. The Bertz CT molecular complexity index is 81.9. The molecule has 0 spiro atoms. The van der Waals surface area contributed by atoms with Gasteiger partial charge in [0.2, 0.25) is 0 Å². The molecule has 0 saturated carbocycles. The predicted molar refractivity (Wildman–Crippen MR) is 37.7 cm³/mol. The van der Waals surface area contributed by atoms with E-state index in [1.165, 1.54) is 0 Å². The topological polar surface area (TPSA) is 15.8 Å². The maximum Gasteiger partial charge on any atom is -0.108 e. The van der Waals surface area contributed by atoms with Gasteiger partial charge >= 0.3 is 34.7 Å². The third kappa shape index (κ3) is 11.9. The molecule has 0 aliphatic carbocycles. The van der Waals surface area contributed by atoms with E-state index in [0.717, 1.165) is 0 Å². The van der Waals surface area contributed by atoms with Crippen molar-refractivity contribution in [3.05, 3.63) is 32.0 Å². The molecule has 0 amide bonds. The van der Waals surface area contributed by atoms with Crippen molar-refractivity contribution in [2.45, 2.75) is 0 Å². The average Bonchev–Trinajstić information content (AvgIpc) is 2.17. The van der Waals surface area contributed by atoms with Crippen LogP contribution in [0.15, 0.2) is 18.3 Å². The van der Waals surface area contributed by atoms with Crippen molar-refractivity contribution in [3.63, 3.8) is 0 Å². The Morgan fingerprint density at radius 2 is 2.00 bits per heavy atom. The monoisotopic (exact) mass is 343 g/mol. The number of rotatable bonds is 0. The van der Waals surface area contributed by atoms with Crippen LogP contribution in [-0.2, 0) is 15.4 Å². The second-order valence-corrected chi connectivity index (χ2v) is 4.54.